The summed E-state index contributed by atoms with van der Waals surface area (Å²) in [4.78, 5) is 1.26. The summed E-state index contributed by atoms with van der Waals surface area (Å²) in [5.41, 5.74) is 6.30. The van der Waals surface area contributed by atoms with Gasteiger partial charge in [0.2, 0.25) is 0 Å². The molecule has 0 bridgehead atoms. The van der Waals surface area contributed by atoms with Crippen LogP contribution in [0.4, 0.5) is 0 Å². The van der Waals surface area contributed by atoms with Crippen molar-refractivity contribution in [3.8, 4) is 22.3 Å². The van der Waals surface area contributed by atoms with Crippen LogP contribution >= 0.6 is 22.7 Å². The van der Waals surface area contributed by atoms with E-state index in [4.69, 9.17) is 0 Å². The molecule has 212 valence electrons. The number of allylic oxidation sites excluding steroid dienone is 1. The average molecular weight is 609 g/mol. The summed E-state index contributed by atoms with van der Waals surface area (Å²) in [5.74, 6) is 0. The molecule has 9 rings (SSSR count). The molecule has 45 heavy (non-hydrogen) atoms. The van der Waals surface area contributed by atoms with Gasteiger partial charge in [-0.1, -0.05) is 122 Å². The molecule has 0 fully saturated rings. The molecule has 2 heterocycles. The van der Waals surface area contributed by atoms with Gasteiger partial charge in [0.1, 0.15) is 0 Å². The Bertz CT molecular complexity index is 2660. The Balaban J connectivity index is 1.28. The van der Waals surface area contributed by atoms with E-state index in [1.807, 2.05) is 28.7 Å². The zero-order valence-corrected chi connectivity index (χ0v) is 26.4. The van der Waals surface area contributed by atoms with Gasteiger partial charge >= 0.3 is 0 Å². The lowest BCUT2D eigenvalue weighted by molar-refractivity contribution is 1.71. The van der Waals surface area contributed by atoms with Crippen molar-refractivity contribution in [3.05, 3.63) is 144 Å². The van der Waals surface area contributed by atoms with Crippen molar-refractivity contribution in [3.63, 3.8) is 0 Å². The predicted molar refractivity (Wildman–Crippen MR) is 203 cm³/mol. The topological polar surface area (TPSA) is 0 Å². The van der Waals surface area contributed by atoms with Gasteiger partial charge in [-0.2, -0.15) is 0 Å². The zero-order chi connectivity index (χ0) is 30.1. The highest BCUT2D eigenvalue weighted by molar-refractivity contribution is 7.26. The molecule has 7 aromatic carbocycles. The SMILES string of the molecule is C=Cc1c(/C=C\C)sc2c(-c3ccc4c5ccc(-c6cccc7c6sc6ccccc67)cc5c5ccccc5c4c3)cccc12. The molecular weight excluding hydrogens is 581 g/mol. The van der Waals surface area contributed by atoms with Gasteiger partial charge in [-0.05, 0) is 91.3 Å². The predicted octanol–water partition coefficient (Wildman–Crippen LogP) is 13.7. The van der Waals surface area contributed by atoms with Crippen molar-refractivity contribution in [1.29, 1.82) is 0 Å². The Labute approximate surface area is 269 Å². The largest absolute Gasteiger partial charge is 0.135 e. The molecule has 2 heteroatoms. The van der Waals surface area contributed by atoms with E-state index < -0.39 is 0 Å². The summed E-state index contributed by atoms with van der Waals surface area (Å²) in [6.07, 6.45) is 6.30. The molecule has 0 unspecified atom stereocenters. The second kappa shape index (κ2) is 10.3. The van der Waals surface area contributed by atoms with E-state index in [1.165, 1.54) is 95.3 Å². The Hall–Kier alpha value is -5.02. The van der Waals surface area contributed by atoms with E-state index in [0.717, 1.165) is 0 Å². The van der Waals surface area contributed by atoms with Crippen LogP contribution < -0.4 is 0 Å². The van der Waals surface area contributed by atoms with Crippen LogP contribution in [0.3, 0.4) is 0 Å². The van der Waals surface area contributed by atoms with Crippen LogP contribution in [0.2, 0.25) is 0 Å². The first-order valence-corrected chi connectivity index (χ1v) is 17.0. The standard InChI is InChI=1S/C43H28S2/c1-3-11-40-28(4-2)36-17-9-15-29(42(36)44-40)26-20-22-33-34-23-21-27(25-39(34)32-13-6-5-12-31(32)38(33)24-26)30-16-10-18-37-35-14-7-8-19-41(35)45-43(30)37/h3-25H,2H2,1H3/b11-3-. The summed E-state index contributed by atoms with van der Waals surface area (Å²) in [6.45, 7) is 6.20. The first-order chi connectivity index (χ1) is 22.2. The highest BCUT2D eigenvalue weighted by Crippen LogP contribution is 2.44. The Morgan fingerprint density at radius 1 is 0.489 bits per heavy atom. The third-order valence-corrected chi connectivity index (χ3v) is 11.6. The van der Waals surface area contributed by atoms with Gasteiger partial charge in [0.05, 0.1) is 0 Å². The third kappa shape index (κ3) is 3.96. The molecule has 0 aliphatic rings. The molecule has 0 atom stereocenters. The average Bonchev–Trinajstić information content (AvgIpc) is 3.66. The molecule has 0 spiro atoms. The van der Waals surface area contributed by atoms with Crippen molar-refractivity contribution in [2.24, 2.45) is 0 Å². The lowest BCUT2D eigenvalue weighted by atomic mass is 9.90. The molecular formula is C43H28S2. The summed E-state index contributed by atoms with van der Waals surface area (Å²) < 4.78 is 4.00. The summed E-state index contributed by atoms with van der Waals surface area (Å²) in [5, 5.41) is 11.7. The fourth-order valence-electron chi connectivity index (χ4n) is 7.14. The van der Waals surface area contributed by atoms with Crippen LogP contribution in [0.1, 0.15) is 17.4 Å². The van der Waals surface area contributed by atoms with Crippen molar-refractivity contribution < 1.29 is 0 Å². The Kier molecular flexibility index (Phi) is 6.02. The lowest BCUT2D eigenvalue weighted by Gasteiger charge is -2.14. The molecule has 0 aliphatic heterocycles. The molecule has 0 nitrogen and oxygen atoms in total. The van der Waals surface area contributed by atoms with Crippen molar-refractivity contribution in [1.82, 2.24) is 0 Å². The highest BCUT2D eigenvalue weighted by atomic mass is 32.1. The molecule has 0 aliphatic carbocycles. The summed E-state index contributed by atoms with van der Waals surface area (Å²) in [7, 11) is 0. The van der Waals surface area contributed by atoms with Gasteiger partial charge in [0.25, 0.3) is 0 Å². The zero-order valence-electron chi connectivity index (χ0n) is 24.8. The van der Waals surface area contributed by atoms with Crippen molar-refractivity contribution in [2.75, 3.05) is 0 Å². The molecule has 0 saturated heterocycles. The van der Waals surface area contributed by atoms with Crippen LogP contribution in [-0.4, -0.2) is 0 Å². The van der Waals surface area contributed by atoms with E-state index in [0.29, 0.717) is 0 Å². The minimum Gasteiger partial charge on any atom is -0.135 e. The van der Waals surface area contributed by atoms with Gasteiger partial charge < -0.3 is 0 Å². The van der Waals surface area contributed by atoms with Crippen LogP contribution in [0.15, 0.2) is 134 Å². The maximum Gasteiger partial charge on any atom is 0.0433 e. The number of fused-ring (bicyclic) bond motifs is 10. The van der Waals surface area contributed by atoms with Gasteiger partial charge in [-0.25, -0.2) is 0 Å². The smallest absolute Gasteiger partial charge is 0.0433 e. The number of hydrogen-bond donors (Lipinski definition) is 0. The van der Waals surface area contributed by atoms with E-state index in [1.54, 1.807) is 0 Å². The molecule has 0 amide bonds. The minimum atomic E-state index is 1.22. The second-order valence-electron chi connectivity index (χ2n) is 11.6. The summed E-state index contributed by atoms with van der Waals surface area (Å²) in [6, 6.07) is 45.2. The number of rotatable bonds is 4. The van der Waals surface area contributed by atoms with Crippen molar-refractivity contribution in [2.45, 2.75) is 6.92 Å². The summed E-state index contributed by atoms with van der Waals surface area (Å²) >= 11 is 3.74. The Morgan fingerprint density at radius 2 is 1.02 bits per heavy atom. The normalized spacial score (nSPS) is 12.1. The molecule has 2 aromatic heterocycles. The van der Waals surface area contributed by atoms with Crippen LogP contribution in [0, 0.1) is 0 Å². The number of thiophene rings is 2. The number of hydrogen-bond acceptors (Lipinski definition) is 2. The van der Waals surface area contributed by atoms with Gasteiger partial charge in [0.15, 0.2) is 0 Å². The second-order valence-corrected chi connectivity index (χ2v) is 13.7. The minimum absolute atomic E-state index is 1.22. The highest BCUT2D eigenvalue weighted by Gasteiger charge is 2.16. The third-order valence-electron chi connectivity index (χ3n) is 9.17. The van der Waals surface area contributed by atoms with Crippen LogP contribution in [0.25, 0.3) is 97.0 Å². The first-order valence-electron chi connectivity index (χ1n) is 15.3. The van der Waals surface area contributed by atoms with Gasteiger partial charge in [-0.15, -0.1) is 22.7 Å². The lowest BCUT2D eigenvalue weighted by Crippen LogP contribution is -1.87. The maximum absolute atomic E-state index is 4.13. The van der Waals surface area contributed by atoms with Crippen molar-refractivity contribution >= 4 is 97.4 Å². The van der Waals surface area contributed by atoms with Crippen LogP contribution in [-0.2, 0) is 0 Å². The molecule has 0 radical (unpaired) electrons. The maximum atomic E-state index is 4.13. The molecule has 9 aromatic rings. The number of benzene rings is 7. The van der Waals surface area contributed by atoms with Gasteiger partial charge in [0, 0.05) is 35.1 Å². The molecule has 0 saturated carbocycles. The quantitative estimate of drug-likeness (QED) is 0.174. The van der Waals surface area contributed by atoms with E-state index in [-0.39, 0.29) is 0 Å². The Morgan fingerprint density at radius 3 is 1.64 bits per heavy atom. The van der Waals surface area contributed by atoms with Gasteiger partial charge in [-0.3, -0.25) is 0 Å². The van der Waals surface area contributed by atoms with E-state index >= 15 is 0 Å². The fraction of sp³-hybridized carbons (Fsp3) is 0.0233. The molecule has 0 N–H and O–H groups in total. The fourth-order valence-corrected chi connectivity index (χ4v) is 9.69. The first kappa shape index (κ1) is 26.4. The van der Waals surface area contributed by atoms with E-state index in [9.17, 15) is 0 Å². The van der Waals surface area contributed by atoms with Crippen LogP contribution in [0.5, 0.6) is 0 Å². The monoisotopic (exact) mass is 608 g/mol. The van der Waals surface area contributed by atoms with E-state index in [2.05, 4.69) is 147 Å².